The molecule has 0 spiro atoms. The van der Waals surface area contributed by atoms with Gasteiger partial charge < -0.3 is 5.73 Å². The molecular formula is C13H12N4S. The second-order valence-electron chi connectivity index (χ2n) is 3.99. The standard InChI is InChI=1S/C13H12N4S/c1-17-11(9-4-5-13(14)15-8-9)7-10(16-17)12-3-2-6-18-12/h2-8H,1H3,(H2,14,15). The summed E-state index contributed by atoms with van der Waals surface area (Å²) in [5, 5.41) is 6.57. The monoisotopic (exact) mass is 256 g/mol. The number of nitrogen functional groups attached to an aromatic ring is 1. The van der Waals surface area contributed by atoms with E-state index >= 15 is 0 Å². The molecular weight excluding hydrogens is 244 g/mol. The van der Waals surface area contributed by atoms with E-state index in [-0.39, 0.29) is 0 Å². The van der Waals surface area contributed by atoms with E-state index in [0.29, 0.717) is 5.82 Å². The van der Waals surface area contributed by atoms with Crippen LogP contribution in [0.4, 0.5) is 5.82 Å². The van der Waals surface area contributed by atoms with E-state index in [1.54, 1.807) is 23.6 Å². The van der Waals surface area contributed by atoms with Gasteiger partial charge in [0.05, 0.1) is 10.6 Å². The average molecular weight is 256 g/mol. The van der Waals surface area contributed by atoms with Crippen molar-refractivity contribution in [1.29, 1.82) is 0 Å². The molecule has 0 saturated carbocycles. The Morgan fingerprint density at radius 1 is 1.28 bits per heavy atom. The van der Waals surface area contributed by atoms with E-state index in [0.717, 1.165) is 17.0 Å². The highest BCUT2D eigenvalue weighted by atomic mass is 32.1. The summed E-state index contributed by atoms with van der Waals surface area (Å²) in [5.74, 6) is 0.527. The molecule has 18 heavy (non-hydrogen) atoms. The van der Waals surface area contributed by atoms with Crippen LogP contribution in [-0.4, -0.2) is 14.8 Å². The topological polar surface area (TPSA) is 56.7 Å². The molecule has 0 fully saturated rings. The summed E-state index contributed by atoms with van der Waals surface area (Å²) in [6.07, 6.45) is 1.77. The maximum Gasteiger partial charge on any atom is 0.123 e. The SMILES string of the molecule is Cn1nc(-c2cccs2)cc1-c1ccc(N)nc1. The summed E-state index contributed by atoms with van der Waals surface area (Å²) in [6.45, 7) is 0. The van der Waals surface area contributed by atoms with E-state index < -0.39 is 0 Å². The zero-order valence-electron chi connectivity index (χ0n) is 9.87. The molecule has 90 valence electrons. The zero-order valence-corrected chi connectivity index (χ0v) is 10.7. The molecule has 4 nitrogen and oxygen atoms in total. The highest BCUT2D eigenvalue weighted by Crippen LogP contribution is 2.28. The first-order valence-corrected chi connectivity index (χ1v) is 6.42. The Hall–Kier alpha value is -2.14. The lowest BCUT2D eigenvalue weighted by Gasteiger charge is -2.00. The summed E-state index contributed by atoms with van der Waals surface area (Å²) in [4.78, 5) is 5.27. The number of hydrogen-bond acceptors (Lipinski definition) is 4. The Balaban J connectivity index is 2.06. The number of anilines is 1. The van der Waals surface area contributed by atoms with Crippen molar-refractivity contribution >= 4 is 17.2 Å². The molecule has 3 aromatic heterocycles. The molecule has 0 saturated heterocycles. The van der Waals surface area contributed by atoms with Gasteiger partial charge in [-0.25, -0.2) is 4.98 Å². The van der Waals surface area contributed by atoms with Crippen molar-refractivity contribution in [1.82, 2.24) is 14.8 Å². The highest BCUT2D eigenvalue weighted by molar-refractivity contribution is 7.13. The van der Waals surface area contributed by atoms with E-state index in [1.807, 2.05) is 23.9 Å². The predicted molar refractivity (Wildman–Crippen MR) is 74.2 cm³/mol. The Morgan fingerprint density at radius 3 is 2.83 bits per heavy atom. The molecule has 0 bridgehead atoms. The molecule has 3 aromatic rings. The largest absolute Gasteiger partial charge is 0.384 e. The molecule has 0 radical (unpaired) electrons. The number of thiophene rings is 1. The van der Waals surface area contributed by atoms with Crippen LogP contribution in [0.2, 0.25) is 0 Å². The molecule has 0 aromatic carbocycles. The lowest BCUT2D eigenvalue weighted by Crippen LogP contribution is -1.95. The third-order valence-corrected chi connectivity index (χ3v) is 3.63. The van der Waals surface area contributed by atoms with E-state index in [9.17, 15) is 0 Å². The van der Waals surface area contributed by atoms with Crippen molar-refractivity contribution in [2.45, 2.75) is 0 Å². The van der Waals surface area contributed by atoms with Crippen molar-refractivity contribution in [3.8, 4) is 21.8 Å². The minimum absolute atomic E-state index is 0.527. The number of rotatable bonds is 2. The van der Waals surface area contributed by atoms with E-state index in [4.69, 9.17) is 5.73 Å². The second kappa shape index (κ2) is 4.27. The quantitative estimate of drug-likeness (QED) is 0.767. The zero-order chi connectivity index (χ0) is 12.5. The Morgan fingerprint density at radius 2 is 2.17 bits per heavy atom. The maximum absolute atomic E-state index is 5.59. The van der Waals surface area contributed by atoms with Crippen molar-refractivity contribution in [2.24, 2.45) is 7.05 Å². The molecule has 0 atom stereocenters. The van der Waals surface area contributed by atoms with Gasteiger partial charge in [0.25, 0.3) is 0 Å². The molecule has 0 amide bonds. The summed E-state index contributed by atoms with van der Waals surface area (Å²) in [6, 6.07) is 9.92. The number of pyridine rings is 1. The molecule has 0 aliphatic rings. The molecule has 0 aliphatic heterocycles. The van der Waals surface area contributed by atoms with E-state index in [2.05, 4.69) is 27.6 Å². The van der Waals surface area contributed by atoms with Crippen LogP contribution in [0, 0.1) is 0 Å². The van der Waals surface area contributed by atoms with Gasteiger partial charge in [-0.2, -0.15) is 5.10 Å². The van der Waals surface area contributed by atoms with Gasteiger partial charge in [-0.15, -0.1) is 11.3 Å². The van der Waals surface area contributed by atoms with Gasteiger partial charge in [0.1, 0.15) is 11.5 Å². The molecule has 2 N–H and O–H groups in total. The van der Waals surface area contributed by atoms with Crippen molar-refractivity contribution in [3.05, 3.63) is 41.9 Å². The van der Waals surface area contributed by atoms with Gasteiger partial charge in [-0.1, -0.05) is 6.07 Å². The number of aromatic nitrogens is 3. The Bertz CT molecular complexity index is 653. The van der Waals surface area contributed by atoms with E-state index in [1.165, 1.54) is 4.88 Å². The van der Waals surface area contributed by atoms with Crippen molar-refractivity contribution < 1.29 is 0 Å². The number of nitrogens with two attached hydrogens (primary N) is 1. The summed E-state index contributed by atoms with van der Waals surface area (Å²) >= 11 is 1.68. The lowest BCUT2D eigenvalue weighted by molar-refractivity contribution is 0.779. The van der Waals surface area contributed by atoms with Crippen molar-refractivity contribution in [2.75, 3.05) is 5.73 Å². The highest BCUT2D eigenvalue weighted by Gasteiger charge is 2.09. The van der Waals surface area contributed by atoms with Crippen LogP contribution >= 0.6 is 11.3 Å². The summed E-state index contributed by atoms with van der Waals surface area (Å²) in [5.41, 5.74) is 8.63. The fraction of sp³-hybridized carbons (Fsp3) is 0.0769. The lowest BCUT2D eigenvalue weighted by atomic mass is 10.2. The molecule has 5 heteroatoms. The first kappa shape index (κ1) is 11.0. The number of nitrogens with zero attached hydrogens (tertiary/aromatic N) is 3. The van der Waals surface area contributed by atoms with Crippen LogP contribution in [0.1, 0.15) is 0 Å². The van der Waals surface area contributed by atoms with Crippen LogP contribution < -0.4 is 5.73 Å². The first-order valence-electron chi connectivity index (χ1n) is 5.54. The van der Waals surface area contributed by atoms with Gasteiger partial charge in [-0.3, -0.25) is 4.68 Å². The minimum atomic E-state index is 0.527. The molecule has 0 unspecified atom stereocenters. The van der Waals surface area contributed by atoms with Crippen LogP contribution in [0.15, 0.2) is 41.9 Å². The molecule has 3 rings (SSSR count). The fourth-order valence-corrected chi connectivity index (χ4v) is 2.52. The summed E-state index contributed by atoms with van der Waals surface area (Å²) < 4.78 is 1.86. The maximum atomic E-state index is 5.59. The van der Waals surface area contributed by atoms with Gasteiger partial charge in [0, 0.05) is 18.8 Å². The molecule has 0 aliphatic carbocycles. The van der Waals surface area contributed by atoms with Crippen molar-refractivity contribution in [3.63, 3.8) is 0 Å². The van der Waals surface area contributed by atoms with Gasteiger partial charge in [-0.05, 0) is 29.6 Å². The van der Waals surface area contributed by atoms with Crippen LogP contribution in [0.3, 0.4) is 0 Å². The number of aryl methyl sites for hydroxylation is 1. The third-order valence-electron chi connectivity index (χ3n) is 2.74. The first-order chi connectivity index (χ1) is 8.74. The Kier molecular flexibility index (Phi) is 2.60. The van der Waals surface area contributed by atoms with Gasteiger partial charge >= 0.3 is 0 Å². The average Bonchev–Trinajstić information content (AvgIpc) is 2.99. The number of hydrogen-bond donors (Lipinski definition) is 1. The predicted octanol–water partition coefficient (Wildman–Crippen LogP) is 2.79. The minimum Gasteiger partial charge on any atom is -0.384 e. The Labute approximate surface area is 109 Å². The van der Waals surface area contributed by atoms with Crippen LogP contribution in [0.5, 0.6) is 0 Å². The second-order valence-corrected chi connectivity index (χ2v) is 4.94. The van der Waals surface area contributed by atoms with Gasteiger partial charge in [0.2, 0.25) is 0 Å². The normalized spacial score (nSPS) is 10.7. The summed E-state index contributed by atoms with van der Waals surface area (Å²) in [7, 11) is 1.93. The molecule has 3 heterocycles. The van der Waals surface area contributed by atoms with Gasteiger partial charge in [0.15, 0.2) is 0 Å². The van der Waals surface area contributed by atoms with Crippen LogP contribution in [0.25, 0.3) is 21.8 Å². The van der Waals surface area contributed by atoms with Crippen LogP contribution in [-0.2, 0) is 7.05 Å². The fourth-order valence-electron chi connectivity index (χ4n) is 1.84. The third kappa shape index (κ3) is 1.89. The smallest absolute Gasteiger partial charge is 0.123 e.